The lowest BCUT2D eigenvalue weighted by atomic mass is 10.3. The molecule has 0 spiro atoms. The van der Waals surface area contributed by atoms with E-state index >= 15 is 0 Å². The molecule has 0 fully saturated rings. The SMILES string of the molecule is CCN(CC)CC(C)NS(=O)(=O)c1cnn(CCNC)c1. The lowest BCUT2D eigenvalue weighted by Crippen LogP contribution is -2.41. The summed E-state index contributed by atoms with van der Waals surface area (Å²) in [4.78, 5) is 2.40. The Labute approximate surface area is 127 Å². The number of nitrogens with one attached hydrogen (secondary N) is 2. The first-order chi connectivity index (χ1) is 9.92. The van der Waals surface area contributed by atoms with E-state index in [1.807, 2.05) is 14.0 Å². The van der Waals surface area contributed by atoms with Gasteiger partial charge in [-0.15, -0.1) is 0 Å². The molecule has 0 bridgehead atoms. The molecule has 0 saturated heterocycles. The minimum absolute atomic E-state index is 0.143. The molecule has 0 radical (unpaired) electrons. The second-order valence-corrected chi connectivity index (χ2v) is 6.76. The molecular formula is C13H27N5O2S. The molecule has 0 aromatic carbocycles. The first kappa shape index (κ1) is 18.1. The van der Waals surface area contributed by atoms with Crippen LogP contribution in [0.25, 0.3) is 0 Å². The summed E-state index contributed by atoms with van der Waals surface area (Å²) in [5.41, 5.74) is 0. The van der Waals surface area contributed by atoms with E-state index in [1.165, 1.54) is 6.20 Å². The summed E-state index contributed by atoms with van der Waals surface area (Å²) in [5.74, 6) is 0. The number of hydrogen-bond donors (Lipinski definition) is 2. The zero-order valence-corrected chi connectivity index (χ0v) is 14.2. The normalized spacial score (nSPS) is 13.8. The fraction of sp³-hybridized carbons (Fsp3) is 0.769. The second-order valence-electron chi connectivity index (χ2n) is 5.05. The summed E-state index contributed by atoms with van der Waals surface area (Å²) in [6.07, 6.45) is 2.95. The first-order valence-corrected chi connectivity index (χ1v) is 8.83. The van der Waals surface area contributed by atoms with Crippen LogP contribution in [0.2, 0.25) is 0 Å². The minimum atomic E-state index is -3.51. The summed E-state index contributed by atoms with van der Waals surface area (Å²) in [6, 6.07) is -0.143. The van der Waals surface area contributed by atoms with E-state index in [1.54, 1.807) is 10.9 Å². The molecule has 8 heteroatoms. The Morgan fingerprint density at radius 1 is 1.38 bits per heavy atom. The van der Waals surface area contributed by atoms with Crippen LogP contribution in [0.3, 0.4) is 0 Å². The van der Waals surface area contributed by atoms with Crippen LogP contribution < -0.4 is 10.0 Å². The van der Waals surface area contributed by atoms with Crippen molar-refractivity contribution in [2.24, 2.45) is 0 Å². The molecule has 1 atom stereocenters. The third-order valence-corrected chi connectivity index (χ3v) is 4.84. The molecule has 1 unspecified atom stereocenters. The first-order valence-electron chi connectivity index (χ1n) is 7.34. The predicted molar refractivity (Wildman–Crippen MR) is 83.7 cm³/mol. The molecule has 0 aliphatic heterocycles. The van der Waals surface area contributed by atoms with Gasteiger partial charge in [0.05, 0.1) is 12.7 Å². The molecule has 0 amide bonds. The van der Waals surface area contributed by atoms with Gasteiger partial charge >= 0.3 is 0 Å². The fourth-order valence-electron chi connectivity index (χ4n) is 2.07. The smallest absolute Gasteiger partial charge is 0.243 e. The third kappa shape index (κ3) is 5.74. The van der Waals surface area contributed by atoms with Crippen LogP contribution in [0.5, 0.6) is 0 Å². The van der Waals surface area contributed by atoms with Crippen LogP contribution in [-0.4, -0.2) is 62.4 Å². The maximum absolute atomic E-state index is 12.3. The molecule has 1 aromatic heterocycles. The van der Waals surface area contributed by atoms with Gasteiger partial charge in [-0.1, -0.05) is 13.8 Å². The van der Waals surface area contributed by atoms with Gasteiger partial charge in [-0.05, 0) is 27.1 Å². The van der Waals surface area contributed by atoms with E-state index in [4.69, 9.17) is 0 Å². The molecule has 0 saturated carbocycles. The van der Waals surface area contributed by atoms with Gasteiger partial charge in [0.2, 0.25) is 10.0 Å². The van der Waals surface area contributed by atoms with Crippen molar-refractivity contribution in [1.29, 1.82) is 0 Å². The zero-order valence-electron chi connectivity index (χ0n) is 13.3. The standard InChI is InChI=1S/C13H27N5O2S/c1-5-17(6-2)10-12(3)16-21(19,20)13-9-15-18(11-13)8-7-14-4/h9,11-12,14,16H,5-8,10H2,1-4H3. The van der Waals surface area contributed by atoms with Crippen molar-refractivity contribution in [1.82, 2.24) is 24.7 Å². The van der Waals surface area contributed by atoms with Crippen LogP contribution in [-0.2, 0) is 16.6 Å². The Morgan fingerprint density at radius 2 is 2.05 bits per heavy atom. The van der Waals surface area contributed by atoms with Gasteiger partial charge < -0.3 is 10.2 Å². The third-order valence-electron chi connectivity index (χ3n) is 3.29. The van der Waals surface area contributed by atoms with Gasteiger partial charge in [0.15, 0.2) is 0 Å². The van der Waals surface area contributed by atoms with Crippen LogP contribution in [0.4, 0.5) is 0 Å². The monoisotopic (exact) mass is 317 g/mol. The van der Waals surface area contributed by atoms with Crippen LogP contribution >= 0.6 is 0 Å². The highest BCUT2D eigenvalue weighted by Crippen LogP contribution is 2.08. The van der Waals surface area contributed by atoms with Gasteiger partial charge in [-0.3, -0.25) is 4.68 Å². The molecule has 2 N–H and O–H groups in total. The predicted octanol–water partition coefficient (Wildman–Crippen LogP) is 0.111. The maximum atomic E-state index is 12.3. The molecule has 21 heavy (non-hydrogen) atoms. The van der Waals surface area contributed by atoms with Crippen LogP contribution in [0, 0.1) is 0 Å². The van der Waals surface area contributed by atoms with E-state index in [0.29, 0.717) is 13.1 Å². The summed E-state index contributed by atoms with van der Waals surface area (Å²) >= 11 is 0. The lowest BCUT2D eigenvalue weighted by molar-refractivity contribution is 0.282. The van der Waals surface area contributed by atoms with Crippen molar-refractivity contribution in [3.8, 4) is 0 Å². The molecule has 1 heterocycles. The van der Waals surface area contributed by atoms with Crippen LogP contribution in [0.1, 0.15) is 20.8 Å². The van der Waals surface area contributed by atoms with Gasteiger partial charge in [0.25, 0.3) is 0 Å². The topological polar surface area (TPSA) is 79.3 Å². The van der Waals surface area contributed by atoms with Crippen molar-refractivity contribution in [3.05, 3.63) is 12.4 Å². The Morgan fingerprint density at radius 3 is 2.62 bits per heavy atom. The largest absolute Gasteiger partial charge is 0.318 e. The second kappa shape index (κ2) is 8.47. The van der Waals surface area contributed by atoms with Crippen molar-refractivity contribution in [2.45, 2.75) is 38.3 Å². The average Bonchev–Trinajstić information content (AvgIpc) is 2.91. The number of nitrogens with zero attached hydrogens (tertiary/aromatic N) is 3. The highest BCUT2D eigenvalue weighted by atomic mass is 32.2. The van der Waals surface area contributed by atoms with E-state index < -0.39 is 10.0 Å². The highest BCUT2D eigenvalue weighted by molar-refractivity contribution is 7.89. The quantitative estimate of drug-likeness (QED) is 0.640. The fourth-order valence-corrected chi connectivity index (χ4v) is 3.26. The summed E-state index contributed by atoms with van der Waals surface area (Å²) < 4.78 is 28.9. The summed E-state index contributed by atoms with van der Waals surface area (Å²) in [6.45, 7) is 9.90. The van der Waals surface area contributed by atoms with Crippen molar-refractivity contribution < 1.29 is 8.42 Å². The van der Waals surface area contributed by atoms with Crippen LogP contribution in [0.15, 0.2) is 17.3 Å². The van der Waals surface area contributed by atoms with Crippen molar-refractivity contribution in [3.63, 3.8) is 0 Å². The molecule has 1 aromatic rings. The van der Waals surface area contributed by atoms with E-state index in [0.717, 1.165) is 19.6 Å². The van der Waals surface area contributed by atoms with E-state index in [9.17, 15) is 8.42 Å². The van der Waals surface area contributed by atoms with Crippen molar-refractivity contribution >= 4 is 10.0 Å². The summed E-state index contributed by atoms with van der Waals surface area (Å²) in [7, 11) is -1.66. The molecule has 7 nitrogen and oxygen atoms in total. The van der Waals surface area contributed by atoms with Gasteiger partial charge in [-0.25, -0.2) is 13.1 Å². The van der Waals surface area contributed by atoms with Gasteiger partial charge in [0, 0.05) is 25.3 Å². The summed E-state index contributed by atoms with van der Waals surface area (Å²) in [5, 5.41) is 7.07. The average molecular weight is 317 g/mol. The Kier molecular flexibility index (Phi) is 7.30. The Bertz CT molecular complexity index is 510. The minimum Gasteiger partial charge on any atom is -0.318 e. The molecule has 0 aliphatic carbocycles. The number of likely N-dealkylation sites (N-methyl/N-ethyl adjacent to an activating group) is 2. The van der Waals surface area contributed by atoms with E-state index in [-0.39, 0.29) is 10.9 Å². The lowest BCUT2D eigenvalue weighted by Gasteiger charge is -2.23. The van der Waals surface area contributed by atoms with E-state index in [2.05, 4.69) is 33.9 Å². The Hall–Kier alpha value is -0.960. The highest BCUT2D eigenvalue weighted by Gasteiger charge is 2.20. The van der Waals surface area contributed by atoms with Gasteiger partial charge in [0.1, 0.15) is 4.90 Å². The molecular weight excluding hydrogens is 290 g/mol. The number of rotatable bonds is 10. The van der Waals surface area contributed by atoms with Gasteiger partial charge in [-0.2, -0.15) is 5.10 Å². The molecule has 122 valence electrons. The number of aromatic nitrogens is 2. The Balaban J connectivity index is 2.65. The van der Waals surface area contributed by atoms with Crippen molar-refractivity contribution in [2.75, 3.05) is 33.2 Å². The molecule has 1 rings (SSSR count). The number of hydrogen-bond acceptors (Lipinski definition) is 5. The number of sulfonamides is 1. The maximum Gasteiger partial charge on any atom is 0.243 e. The zero-order chi connectivity index (χ0) is 15.9. The molecule has 0 aliphatic rings.